The molecule has 0 fully saturated rings. The number of nitrogen functional groups attached to an aromatic ring is 1. The van der Waals surface area contributed by atoms with Crippen molar-refractivity contribution in [1.82, 2.24) is 19.5 Å². The Bertz CT molecular complexity index is 1220. The lowest BCUT2D eigenvalue weighted by Crippen LogP contribution is -2.10. The summed E-state index contributed by atoms with van der Waals surface area (Å²) in [4.78, 5) is 14.5. The Kier molecular flexibility index (Phi) is 5.18. The molecule has 152 valence electrons. The molecular weight excluding hydrogens is 490 g/mol. The number of aromatic nitrogens is 4. The fraction of sp³-hybridized carbons (Fsp3) is 0.150. The van der Waals surface area contributed by atoms with E-state index in [1.54, 1.807) is 6.33 Å². The first-order valence-corrected chi connectivity index (χ1v) is 11.1. The van der Waals surface area contributed by atoms with E-state index in [4.69, 9.17) is 31.8 Å². The summed E-state index contributed by atoms with van der Waals surface area (Å²) in [5.41, 5.74) is 7.71. The van der Waals surface area contributed by atoms with Crippen LogP contribution in [-0.2, 0) is 13.0 Å². The molecule has 0 aromatic heterocycles. The second-order valence-electron chi connectivity index (χ2n) is 6.58. The van der Waals surface area contributed by atoms with Crippen molar-refractivity contribution >= 4 is 45.1 Å². The summed E-state index contributed by atoms with van der Waals surface area (Å²) in [7, 11) is 0. The monoisotopic (exact) mass is 503 g/mol. The van der Waals surface area contributed by atoms with Crippen molar-refractivity contribution in [2.45, 2.75) is 23.0 Å². The summed E-state index contributed by atoms with van der Waals surface area (Å²) in [6.07, 6.45) is 2.43. The number of benzene rings is 2. The molecule has 3 heterocycles. The third kappa shape index (κ3) is 3.68. The summed E-state index contributed by atoms with van der Waals surface area (Å²) < 4.78 is 13.7. The van der Waals surface area contributed by atoms with Gasteiger partial charge in [0.15, 0.2) is 34.0 Å². The van der Waals surface area contributed by atoms with E-state index in [2.05, 4.69) is 25.9 Å². The molecule has 0 amide bonds. The molecule has 0 atom stereocenters. The molecule has 0 aliphatic carbocycles. The van der Waals surface area contributed by atoms with Gasteiger partial charge >= 0.3 is 0 Å². The first-order valence-electron chi connectivity index (χ1n) is 9.07. The number of halogens is 2. The van der Waals surface area contributed by atoms with Crippen LogP contribution in [0.15, 0.2) is 57.3 Å². The molecule has 2 N–H and O–H groups in total. The molecule has 10 heteroatoms. The van der Waals surface area contributed by atoms with Crippen LogP contribution in [0.1, 0.15) is 5.56 Å². The zero-order chi connectivity index (χ0) is 20.7. The number of ether oxygens (including phenoxy) is 2. The second kappa shape index (κ2) is 7.98. The molecule has 3 aliphatic heterocycles. The van der Waals surface area contributed by atoms with Gasteiger partial charge in [0, 0.05) is 20.9 Å². The van der Waals surface area contributed by atoms with E-state index in [1.807, 2.05) is 41.0 Å². The van der Waals surface area contributed by atoms with Crippen LogP contribution in [0.4, 0.5) is 5.82 Å². The maximum Gasteiger partial charge on any atom is 0.231 e. The number of anilines is 1. The lowest BCUT2D eigenvalue weighted by molar-refractivity contribution is 0.174. The van der Waals surface area contributed by atoms with Crippen molar-refractivity contribution in [1.29, 1.82) is 0 Å². The van der Waals surface area contributed by atoms with Gasteiger partial charge in [0.05, 0.1) is 6.33 Å². The maximum absolute atomic E-state index is 6.28. The third-order valence-corrected chi connectivity index (χ3v) is 6.89. The smallest absolute Gasteiger partial charge is 0.231 e. The van der Waals surface area contributed by atoms with Crippen LogP contribution in [0, 0.1) is 0 Å². The molecule has 0 unspecified atom stereocenters. The number of hydrogen-bond donors (Lipinski definition) is 1. The molecule has 0 spiro atoms. The Labute approximate surface area is 190 Å². The summed E-state index contributed by atoms with van der Waals surface area (Å²) >= 11 is 11.3. The van der Waals surface area contributed by atoms with Crippen molar-refractivity contribution < 1.29 is 9.47 Å². The minimum absolute atomic E-state index is 0.223. The van der Waals surface area contributed by atoms with Crippen molar-refractivity contribution in [3.8, 4) is 23.0 Å². The lowest BCUT2D eigenvalue weighted by Gasteiger charge is -2.11. The van der Waals surface area contributed by atoms with Crippen molar-refractivity contribution in [3.05, 3.63) is 57.8 Å². The van der Waals surface area contributed by atoms with E-state index < -0.39 is 0 Å². The normalized spacial score (nSPS) is 12.6. The van der Waals surface area contributed by atoms with Crippen LogP contribution < -0.4 is 15.2 Å². The second-order valence-corrected chi connectivity index (χ2v) is 8.85. The highest BCUT2D eigenvalue weighted by Gasteiger charge is 2.22. The van der Waals surface area contributed by atoms with Crippen molar-refractivity contribution in [2.24, 2.45) is 0 Å². The van der Waals surface area contributed by atoms with Gasteiger partial charge in [-0.3, -0.25) is 0 Å². The molecule has 5 rings (SSSR count). The number of nitrogens with zero attached hydrogens (tertiary/aromatic N) is 4. The number of nitrogens with two attached hydrogens (primary N) is 1. The van der Waals surface area contributed by atoms with Crippen LogP contribution in [0.3, 0.4) is 0 Å². The van der Waals surface area contributed by atoms with Gasteiger partial charge in [0.1, 0.15) is 0 Å². The van der Waals surface area contributed by atoms with Gasteiger partial charge in [-0.25, -0.2) is 15.0 Å². The maximum atomic E-state index is 6.28. The van der Waals surface area contributed by atoms with Gasteiger partial charge < -0.3 is 19.8 Å². The predicted octanol–water partition coefficient (Wildman–Crippen LogP) is 4.90. The van der Waals surface area contributed by atoms with E-state index in [1.165, 1.54) is 11.8 Å². The zero-order valence-corrected chi connectivity index (χ0v) is 18.7. The van der Waals surface area contributed by atoms with Gasteiger partial charge in [0.2, 0.25) is 6.79 Å². The molecule has 0 saturated carbocycles. The SMILES string of the molecule is Nc1ncn(CCc2ccccc2Cl)c2nc(Sc3cc4c(cc3Br)OCO4)nc1-2. The number of hydrogen-bond acceptors (Lipinski definition) is 7. The largest absolute Gasteiger partial charge is 0.454 e. The predicted molar refractivity (Wildman–Crippen MR) is 118 cm³/mol. The highest BCUT2D eigenvalue weighted by atomic mass is 79.9. The Hall–Kier alpha value is -2.49. The minimum atomic E-state index is 0.223. The van der Waals surface area contributed by atoms with E-state index >= 15 is 0 Å². The highest BCUT2D eigenvalue weighted by molar-refractivity contribution is 9.10. The van der Waals surface area contributed by atoms with E-state index in [0.29, 0.717) is 40.5 Å². The molecule has 0 radical (unpaired) electrons. The number of aryl methyl sites for hydroxylation is 2. The van der Waals surface area contributed by atoms with Gasteiger partial charge in [0.25, 0.3) is 0 Å². The van der Waals surface area contributed by atoms with Gasteiger partial charge in [-0.2, -0.15) is 0 Å². The van der Waals surface area contributed by atoms with Crippen LogP contribution in [0.2, 0.25) is 5.02 Å². The van der Waals surface area contributed by atoms with E-state index in [-0.39, 0.29) is 6.79 Å². The number of fused-ring (bicyclic) bond motifs is 2. The Morgan fingerprint density at radius 3 is 2.80 bits per heavy atom. The molecule has 30 heavy (non-hydrogen) atoms. The topological polar surface area (TPSA) is 88.1 Å². The van der Waals surface area contributed by atoms with Gasteiger partial charge in [-0.05, 0) is 57.9 Å². The van der Waals surface area contributed by atoms with Crippen molar-refractivity contribution in [2.75, 3.05) is 12.5 Å². The highest BCUT2D eigenvalue weighted by Crippen LogP contribution is 2.43. The van der Waals surface area contributed by atoms with Crippen molar-refractivity contribution in [3.63, 3.8) is 0 Å². The van der Waals surface area contributed by atoms with Crippen LogP contribution in [0.25, 0.3) is 11.5 Å². The molecule has 7 nitrogen and oxygen atoms in total. The third-order valence-electron chi connectivity index (χ3n) is 4.68. The van der Waals surface area contributed by atoms with Crippen LogP contribution >= 0.6 is 39.3 Å². The van der Waals surface area contributed by atoms with Crippen LogP contribution in [0.5, 0.6) is 11.5 Å². The van der Waals surface area contributed by atoms with Gasteiger partial charge in [-0.1, -0.05) is 29.8 Å². The minimum Gasteiger partial charge on any atom is -0.454 e. The van der Waals surface area contributed by atoms with Gasteiger partial charge in [-0.15, -0.1) is 0 Å². The summed E-state index contributed by atoms with van der Waals surface area (Å²) in [6.45, 7) is 0.879. The fourth-order valence-electron chi connectivity index (χ4n) is 3.16. The summed E-state index contributed by atoms with van der Waals surface area (Å²) in [5.74, 6) is 2.45. The number of imidazole rings is 1. The average Bonchev–Trinajstić information content (AvgIpc) is 3.36. The Morgan fingerprint density at radius 1 is 1.17 bits per heavy atom. The fourth-order valence-corrected chi connectivity index (χ4v) is 4.74. The molecule has 0 saturated heterocycles. The van der Waals surface area contributed by atoms with E-state index in [0.717, 1.165) is 26.4 Å². The molecule has 0 bridgehead atoms. The first kappa shape index (κ1) is 19.5. The summed E-state index contributed by atoms with van der Waals surface area (Å²) in [5, 5.41) is 1.33. The average molecular weight is 505 g/mol. The quantitative estimate of drug-likeness (QED) is 0.413. The van der Waals surface area contributed by atoms with E-state index in [9.17, 15) is 0 Å². The Balaban J connectivity index is 1.44. The number of rotatable bonds is 5. The molecular formula is C20H15BrClN5O2S. The molecule has 2 aromatic rings. The first-order chi connectivity index (χ1) is 14.6. The standard InChI is InChI=1S/C20H15BrClN5O2S/c21-12-7-14-15(29-10-28-14)8-16(12)30-20-25-17-18(23)24-9-27(19(17)26-20)6-5-11-3-1-2-4-13(11)22/h1-4,7-9H,5-6,10,23H2. The lowest BCUT2D eigenvalue weighted by atomic mass is 10.1. The van der Waals surface area contributed by atoms with Crippen LogP contribution in [-0.4, -0.2) is 26.3 Å². The zero-order valence-electron chi connectivity index (χ0n) is 15.5. The Morgan fingerprint density at radius 2 is 1.97 bits per heavy atom. The molecule has 3 aliphatic rings. The summed E-state index contributed by atoms with van der Waals surface area (Å²) in [6, 6.07) is 11.6. The molecule has 2 aromatic carbocycles.